The summed E-state index contributed by atoms with van der Waals surface area (Å²) in [7, 11) is 0. The summed E-state index contributed by atoms with van der Waals surface area (Å²) >= 11 is 11.8. The fourth-order valence-corrected chi connectivity index (χ4v) is 2.48. The molecule has 6 heteroatoms. The van der Waals surface area contributed by atoms with Gasteiger partial charge in [0, 0.05) is 21.2 Å². The summed E-state index contributed by atoms with van der Waals surface area (Å²) in [5, 5.41) is 11.7. The van der Waals surface area contributed by atoms with E-state index < -0.39 is 0 Å². The lowest BCUT2D eigenvalue weighted by molar-refractivity contribution is -0.709. The van der Waals surface area contributed by atoms with Gasteiger partial charge in [-0.1, -0.05) is 35.3 Å². The molecule has 0 aliphatic carbocycles. The third-order valence-electron chi connectivity index (χ3n) is 3.60. The lowest BCUT2D eigenvalue weighted by atomic mass is 10.1. The molecule has 1 heterocycles. The van der Waals surface area contributed by atoms with Crippen LogP contribution in [0.25, 0.3) is 11.5 Å². The molecule has 0 fully saturated rings. The fourth-order valence-electron chi connectivity index (χ4n) is 2.23. The molecule has 0 spiro atoms. The number of nitrogens with zero attached hydrogens (tertiary/aromatic N) is 2. The molecule has 3 aromatic rings. The topological polar surface area (TPSA) is 55.5 Å². The van der Waals surface area contributed by atoms with Gasteiger partial charge in [-0.3, -0.25) is 0 Å². The molecular weight excluding hydrogens is 333 g/mol. The minimum Gasteiger partial charge on any atom is -0.415 e. The fraction of sp³-hybridized carbons (Fsp3) is 0.176. The largest absolute Gasteiger partial charge is 0.415 e. The molecule has 2 N–H and O–H groups in total. The van der Waals surface area contributed by atoms with Crippen molar-refractivity contribution >= 4 is 23.2 Å². The van der Waals surface area contributed by atoms with Gasteiger partial charge in [-0.15, -0.1) is 10.2 Å². The average Bonchev–Trinajstić information content (AvgIpc) is 3.03. The molecule has 0 amide bonds. The molecular formula is C17H16Cl2N3O+. The molecule has 0 aliphatic rings. The van der Waals surface area contributed by atoms with Crippen LogP contribution in [0.1, 0.15) is 24.4 Å². The van der Waals surface area contributed by atoms with E-state index in [9.17, 15) is 0 Å². The van der Waals surface area contributed by atoms with Gasteiger partial charge < -0.3 is 9.73 Å². The number of halogens is 2. The normalized spacial score (nSPS) is 12.3. The number of hydrogen-bond donors (Lipinski definition) is 1. The van der Waals surface area contributed by atoms with Gasteiger partial charge in [-0.2, -0.15) is 0 Å². The molecule has 0 saturated carbocycles. The van der Waals surface area contributed by atoms with Gasteiger partial charge in [0.05, 0.1) is 0 Å². The van der Waals surface area contributed by atoms with E-state index >= 15 is 0 Å². The Kier molecular flexibility index (Phi) is 4.96. The molecule has 0 bridgehead atoms. The van der Waals surface area contributed by atoms with Crippen LogP contribution in [0.2, 0.25) is 10.0 Å². The number of benzene rings is 2. The van der Waals surface area contributed by atoms with Crippen LogP contribution in [-0.4, -0.2) is 10.2 Å². The first-order chi connectivity index (χ1) is 11.1. The smallest absolute Gasteiger partial charge is 0.271 e. The predicted octanol–water partition coefficient (Wildman–Crippen LogP) is 3.87. The minimum atomic E-state index is 0.276. The van der Waals surface area contributed by atoms with Crippen LogP contribution < -0.4 is 5.32 Å². The van der Waals surface area contributed by atoms with Crippen molar-refractivity contribution in [1.29, 1.82) is 0 Å². The molecule has 0 radical (unpaired) electrons. The summed E-state index contributed by atoms with van der Waals surface area (Å²) in [6.07, 6.45) is 0. The molecule has 23 heavy (non-hydrogen) atoms. The van der Waals surface area contributed by atoms with Gasteiger partial charge >= 0.3 is 0 Å². The van der Waals surface area contributed by atoms with Crippen LogP contribution in [0.15, 0.2) is 52.9 Å². The monoisotopic (exact) mass is 348 g/mol. The molecule has 1 aromatic heterocycles. The maximum atomic E-state index is 5.91. The Hall–Kier alpha value is -1.88. The second-order valence-corrected chi connectivity index (χ2v) is 6.16. The number of hydrogen-bond acceptors (Lipinski definition) is 3. The summed E-state index contributed by atoms with van der Waals surface area (Å²) in [6, 6.07) is 15.4. The molecule has 3 rings (SSSR count). The van der Waals surface area contributed by atoms with Crippen molar-refractivity contribution in [2.75, 3.05) is 0 Å². The van der Waals surface area contributed by atoms with Gasteiger partial charge in [0.15, 0.2) is 6.54 Å². The lowest BCUT2D eigenvalue weighted by Gasteiger charge is -2.09. The van der Waals surface area contributed by atoms with E-state index in [1.807, 2.05) is 36.4 Å². The highest BCUT2D eigenvalue weighted by Crippen LogP contribution is 2.20. The predicted molar refractivity (Wildman–Crippen MR) is 90.2 cm³/mol. The van der Waals surface area contributed by atoms with Gasteiger partial charge in [0.25, 0.3) is 5.89 Å². The second kappa shape index (κ2) is 7.13. The highest BCUT2D eigenvalue weighted by Gasteiger charge is 2.13. The van der Waals surface area contributed by atoms with Crippen molar-refractivity contribution in [1.82, 2.24) is 10.2 Å². The Labute approximate surface area is 144 Å². The van der Waals surface area contributed by atoms with Crippen LogP contribution in [0.5, 0.6) is 0 Å². The summed E-state index contributed by atoms with van der Waals surface area (Å²) in [6.45, 7) is 2.74. The number of rotatable bonds is 5. The Morgan fingerprint density at radius 3 is 2.22 bits per heavy atom. The van der Waals surface area contributed by atoms with E-state index in [1.54, 1.807) is 12.1 Å². The first-order valence-corrected chi connectivity index (χ1v) is 8.04. The minimum absolute atomic E-state index is 0.276. The molecule has 0 saturated heterocycles. The molecule has 0 aliphatic heterocycles. The Morgan fingerprint density at radius 2 is 1.57 bits per heavy atom. The van der Waals surface area contributed by atoms with E-state index in [0.717, 1.165) is 10.6 Å². The van der Waals surface area contributed by atoms with Crippen molar-refractivity contribution in [3.05, 3.63) is 70.0 Å². The zero-order valence-corrected chi connectivity index (χ0v) is 14.1. The third-order valence-corrected chi connectivity index (χ3v) is 4.10. The summed E-state index contributed by atoms with van der Waals surface area (Å²) in [5.41, 5.74) is 2.06. The van der Waals surface area contributed by atoms with Gasteiger partial charge in [0.2, 0.25) is 5.89 Å². The zero-order chi connectivity index (χ0) is 16.2. The van der Waals surface area contributed by atoms with Crippen LogP contribution in [0.4, 0.5) is 0 Å². The van der Waals surface area contributed by atoms with Gasteiger partial charge in [0.1, 0.15) is 6.04 Å². The van der Waals surface area contributed by atoms with Crippen molar-refractivity contribution in [3.8, 4) is 11.5 Å². The average molecular weight is 349 g/mol. The number of aromatic nitrogens is 2. The van der Waals surface area contributed by atoms with Crippen LogP contribution >= 0.6 is 23.2 Å². The molecule has 0 unspecified atom stereocenters. The van der Waals surface area contributed by atoms with Gasteiger partial charge in [-0.05, 0) is 43.3 Å². The first-order valence-electron chi connectivity index (χ1n) is 7.29. The standard InChI is InChI=1S/C17H15Cl2N3O/c1-11(12-2-6-14(18)7-3-12)20-10-16-21-22-17(23-16)13-4-8-15(19)9-5-13/h2-9,11,20H,10H2,1H3/p+1/t11-/m1/s1. The van der Waals surface area contributed by atoms with E-state index in [2.05, 4.69) is 22.4 Å². The number of quaternary nitrogens is 1. The zero-order valence-electron chi connectivity index (χ0n) is 12.5. The van der Waals surface area contributed by atoms with Gasteiger partial charge in [-0.25, -0.2) is 0 Å². The maximum absolute atomic E-state index is 5.91. The molecule has 2 aromatic carbocycles. The maximum Gasteiger partial charge on any atom is 0.271 e. The summed E-state index contributed by atoms with van der Waals surface area (Å²) in [4.78, 5) is 0. The van der Waals surface area contributed by atoms with E-state index in [1.165, 1.54) is 5.56 Å². The van der Waals surface area contributed by atoms with Crippen LogP contribution in [0.3, 0.4) is 0 Å². The third kappa shape index (κ3) is 4.10. The van der Waals surface area contributed by atoms with Crippen LogP contribution in [-0.2, 0) is 6.54 Å². The van der Waals surface area contributed by atoms with E-state index in [0.29, 0.717) is 23.3 Å². The number of nitrogens with two attached hydrogens (primary N) is 1. The molecule has 4 nitrogen and oxygen atoms in total. The highest BCUT2D eigenvalue weighted by molar-refractivity contribution is 6.30. The second-order valence-electron chi connectivity index (χ2n) is 5.29. The molecule has 1 atom stereocenters. The van der Waals surface area contributed by atoms with Crippen molar-refractivity contribution < 1.29 is 9.73 Å². The van der Waals surface area contributed by atoms with E-state index in [4.69, 9.17) is 27.6 Å². The SMILES string of the molecule is C[C@@H]([NH2+]Cc1nnc(-c2ccc(Cl)cc2)o1)c1ccc(Cl)cc1. The Morgan fingerprint density at radius 1 is 0.957 bits per heavy atom. The molecule has 118 valence electrons. The Balaban J connectivity index is 1.63. The first kappa shape index (κ1) is 16.0. The summed E-state index contributed by atoms with van der Waals surface area (Å²) in [5.74, 6) is 1.10. The quantitative estimate of drug-likeness (QED) is 0.761. The van der Waals surface area contributed by atoms with E-state index in [-0.39, 0.29) is 6.04 Å². The van der Waals surface area contributed by atoms with Crippen molar-refractivity contribution in [3.63, 3.8) is 0 Å². The summed E-state index contributed by atoms with van der Waals surface area (Å²) < 4.78 is 5.70. The van der Waals surface area contributed by atoms with Crippen LogP contribution in [0, 0.1) is 0 Å². The lowest BCUT2D eigenvalue weighted by Crippen LogP contribution is -2.83. The highest BCUT2D eigenvalue weighted by atomic mass is 35.5. The van der Waals surface area contributed by atoms with Crippen molar-refractivity contribution in [2.24, 2.45) is 0 Å². The van der Waals surface area contributed by atoms with Crippen molar-refractivity contribution in [2.45, 2.75) is 19.5 Å². The Bertz CT molecular complexity index is 769.